The van der Waals surface area contributed by atoms with E-state index in [4.69, 9.17) is 0 Å². The van der Waals surface area contributed by atoms with Gasteiger partial charge in [-0.05, 0) is 69.5 Å². The second kappa shape index (κ2) is 7.93. The van der Waals surface area contributed by atoms with Crippen LogP contribution in [-0.4, -0.2) is 26.9 Å². The van der Waals surface area contributed by atoms with Crippen LogP contribution in [0.25, 0.3) is 10.1 Å². The summed E-state index contributed by atoms with van der Waals surface area (Å²) in [6.45, 7) is 7.87. The van der Waals surface area contributed by atoms with Gasteiger partial charge in [-0.2, -0.15) is 0 Å². The van der Waals surface area contributed by atoms with E-state index < -0.39 is 10.0 Å². The molecule has 0 unspecified atom stereocenters. The number of hydrogen-bond donors (Lipinski definition) is 1. The van der Waals surface area contributed by atoms with E-state index in [9.17, 15) is 13.2 Å². The highest BCUT2D eigenvalue weighted by Crippen LogP contribution is 2.31. The van der Waals surface area contributed by atoms with Gasteiger partial charge in [-0.25, -0.2) is 8.42 Å². The average Bonchev–Trinajstić information content (AvgIpc) is 3.05. The summed E-state index contributed by atoms with van der Waals surface area (Å²) in [7, 11) is -3.66. The first kappa shape index (κ1) is 20.4. The predicted octanol–water partition coefficient (Wildman–Crippen LogP) is 4.56. The molecule has 0 fully saturated rings. The Hall–Kier alpha value is -2.38. The number of carbonyl (C=O) groups excluding carboxylic acids is 1. The van der Waals surface area contributed by atoms with Crippen LogP contribution in [0.5, 0.6) is 0 Å². The minimum Gasteiger partial charge on any atom is -0.349 e. The SMILES string of the molecule is CCN(c1ccc2sc(C(=O)NC(C)C)cc2c1)S(=O)(=O)c1ccc(C)cc1. The van der Waals surface area contributed by atoms with Crippen LogP contribution in [0.4, 0.5) is 5.69 Å². The van der Waals surface area contributed by atoms with Gasteiger partial charge in [0.25, 0.3) is 15.9 Å². The predicted molar refractivity (Wildman–Crippen MR) is 116 cm³/mol. The maximum atomic E-state index is 13.1. The molecule has 3 rings (SSSR count). The smallest absolute Gasteiger partial charge is 0.264 e. The van der Waals surface area contributed by atoms with Gasteiger partial charge in [0.05, 0.1) is 15.5 Å². The second-order valence-corrected chi connectivity index (χ2v) is 9.89. The van der Waals surface area contributed by atoms with Gasteiger partial charge in [-0.1, -0.05) is 17.7 Å². The fraction of sp³-hybridized carbons (Fsp3) is 0.286. The highest BCUT2D eigenvalue weighted by atomic mass is 32.2. The summed E-state index contributed by atoms with van der Waals surface area (Å²) in [6.07, 6.45) is 0. The molecule has 3 aromatic rings. The number of hydrogen-bond acceptors (Lipinski definition) is 4. The molecule has 0 saturated heterocycles. The number of benzene rings is 2. The van der Waals surface area contributed by atoms with Crippen molar-refractivity contribution in [3.8, 4) is 0 Å². The zero-order chi connectivity index (χ0) is 20.5. The topological polar surface area (TPSA) is 66.5 Å². The van der Waals surface area contributed by atoms with Crippen LogP contribution >= 0.6 is 11.3 Å². The van der Waals surface area contributed by atoms with Gasteiger partial charge in [-0.15, -0.1) is 11.3 Å². The van der Waals surface area contributed by atoms with Gasteiger partial charge in [0.2, 0.25) is 0 Å². The summed E-state index contributed by atoms with van der Waals surface area (Å²) < 4.78 is 28.6. The lowest BCUT2D eigenvalue weighted by molar-refractivity contribution is 0.0947. The Balaban J connectivity index is 1.98. The number of aryl methyl sites for hydroxylation is 1. The molecule has 7 heteroatoms. The third-order valence-corrected chi connectivity index (χ3v) is 7.36. The zero-order valence-corrected chi connectivity index (χ0v) is 18.0. The van der Waals surface area contributed by atoms with E-state index in [-0.39, 0.29) is 16.8 Å². The Bertz CT molecular complexity index is 1100. The van der Waals surface area contributed by atoms with Gasteiger partial charge >= 0.3 is 0 Å². The van der Waals surface area contributed by atoms with Gasteiger partial charge in [-0.3, -0.25) is 9.10 Å². The third-order valence-electron chi connectivity index (χ3n) is 4.33. The summed E-state index contributed by atoms with van der Waals surface area (Å²) in [5.41, 5.74) is 1.60. The van der Waals surface area contributed by atoms with Gasteiger partial charge < -0.3 is 5.32 Å². The quantitative estimate of drug-likeness (QED) is 0.640. The van der Waals surface area contributed by atoms with Crippen molar-refractivity contribution in [1.29, 1.82) is 0 Å². The molecule has 0 bridgehead atoms. The number of amides is 1. The Morgan fingerprint density at radius 1 is 1.11 bits per heavy atom. The van der Waals surface area contributed by atoms with Crippen LogP contribution in [0.3, 0.4) is 0 Å². The summed E-state index contributed by atoms with van der Waals surface area (Å²) in [5.74, 6) is -0.114. The molecular weight excluding hydrogens is 392 g/mol. The molecule has 0 aliphatic rings. The number of rotatable bonds is 6. The Morgan fingerprint density at radius 3 is 2.39 bits per heavy atom. The first-order valence-electron chi connectivity index (χ1n) is 9.16. The monoisotopic (exact) mass is 416 g/mol. The fourth-order valence-corrected chi connectivity index (χ4v) is 5.37. The van der Waals surface area contributed by atoms with Crippen molar-refractivity contribution in [1.82, 2.24) is 5.32 Å². The number of fused-ring (bicyclic) bond motifs is 1. The number of anilines is 1. The van der Waals surface area contributed by atoms with Gasteiger partial charge in [0.1, 0.15) is 0 Å². The van der Waals surface area contributed by atoms with E-state index in [2.05, 4.69) is 5.32 Å². The van der Waals surface area contributed by atoms with Crippen LogP contribution < -0.4 is 9.62 Å². The highest BCUT2D eigenvalue weighted by molar-refractivity contribution is 7.92. The standard InChI is InChI=1S/C21H24N2O3S2/c1-5-23(28(25,26)18-9-6-15(4)7-10-18)17-8-11-19-16(12-17)13-20(27-19)21(24)22-14(2)3/h6-14H,5H2,1-4H3,(H,22,24). The maximum Gasteiger partial charge on any atom is 0.264 e. The molecule has 2 aromatic carbocycles. The molecular formula is C21H24N2O3S2. The summed E-state index contributed by atoms with van der Waals surface area (Å²) in [4.78, 5) is 13.1. The van der Waals surface area contributed by atoms with Crippen LogP contribution in [0.1, 0.15) is 36.0 Å². The Labute approximate surface area is 170 Å². The number of nitrogens with one attached hydrogen (secondary N) is 1. The van der Waals surface area contributed by atoms with Gasteiger partial charge in [0.15, 0.2) is 0 Å². The molecule has 0 aliphatic heterocycles. The molecule has 5 nitrogen and oxygen atoms in total. The normalized spacial score (nSPS) is 11.8. The fourth-order valence-electron chi connectivity index (χ4n) is 2.96. The number of nitrogens with zero attached hydrogens (tertiary/aromatic N) is 1. The van der Waals surface area contributed by atoms with Crippen molar-refractivity contribution in [2.75, 3.05) is 10.8 Å². The van der Waals surface area contributed by atoms with Gasteiger partial charge in [0, 0.05) is 17.3 Å². The molecule has 0 saturated carbocycles. The van der Waals surface area contributed by atoms with Crippen molar-refractivity contribution < 1.29 is 13.2 Å². The largest absolute Gasteiger partial charge is 0.349 e. The molecule has 1 amide bonds. The van der Waals surface area contributed by atoms with Crippen molar-refractivity contribution in [2.45, 2.75) is 38.6 Å². The van der Waals surface area contributed by atoms with Crippen LogP contribution in [-0.2, 0) is 10.0 Å². The van der Waals surface area contributed by atoms with Crippen molar-refractivity contribution >= 4 is 43.0 Å². The number of carbonyl (C=O) groups is 1. The summed E-state index contributed by atoms with van der Waals surface area (Å²) >= 11 is 1.40. The minimum absolute atomic E-state index is 0.0588. The van der Waals surface area contributed by atoms with Crippen LogP contribution in [0.2, 0.25) is 0 Å². The molecule has 1 aromatic heterocycles. The molecule has 0 radical (unpaired) electrons. The molecule has 0 atom stereocenters. The molecule has 1 N–H and O–H groups in total. The lowest BCUT2D eigenvalue weighted by Crippen LogP contribution is -2.30. The highest BCUT2D eigenvalue weighted by Gasteiger charge is 2.24. The van der Waals surface area contributed by atoms with Crippen LogP contribution in [0, 0.1) is 6.92 Å². The van der Waals surface area contributed by atoms with E-state index in [1.165, 1.54) is 15.6 Å². The summed E-state index contributed by atoms with van der Waals surface area (Å²) in [6, 6.07) is 14.2. The van der Waals surface area contributed by atoms with Crippen molar-refractivity contribution in [3.05, 3.63) is 59.0 Å². The van der Waals surface area contributed by atoms with Crippen LogP contribution in [0.15, 0.2) is 53.4 Å². The molecule has 0 spiro atoms. The number of sulfonamides is 1. The Morgan fingerprint density at radius 2 is 1.79 bits per heavy atom. The average molecular weight is 417 g/mol. The second-order valence-electron chi connectivity index (χ2n) is 6.94. The molecule has 0 aliphatic carbocycles. The summed E-state index contributed by atoms with van der Waals surface area (Å²) in [5, 5.41) is 3.74. The molecule has 148 valence electrons. The van der Waals surface area contributed by atoms with E-state index >= 15 is 0 Å². The van der Waals surface area contributed by atoms with E-state index in [0.717, 1.165) is 15.6 Å². The molecule has 28 heavy (non-hydrogen) atoms. The van der Waals surface area contributed by atoms with E-state index in [1.807, 2.05) is 45.9 Å². The first-order chi connectivity index (χ1) is 13.2. The first-order valence-corrected chi connectivity index (χ1v) is 11.4. The van der Waals surface area contributed by atoms with E-state index in [1.54, 1.807) is 30.3 Å². The minimum atomic E-state index is -3.66. The van der Waals surface area contributed by atoms with Crippen molar-refractivity contribution in [3.63, 3.8) is 0 Å². The lowest BCUT2D eigenvalue weighted by Gasteiger charge is -2.23. The van der Waals surface area contributed by atoms with Crippen molar-refractivity contribution in [2.24, 2.45) is 0 Å². The van der Waals surface area contributed by atoms with E-state index in [0.29, 0.717) is 17.1 Å². The Kier molecular flexibility index (Phi) is 5.76. The zero-order valence-electron chi connectivity index (χ0n) is 16.4. The maximum absolute atomic E-state index is 13.1. The molecule has 1 heterocycles. The number of thiophene rings is 1. The third kappa shape index (κ3) is 4.05. The lowest BCUT2D eigenvalue weighted by atomic mass is 10.2.